The average Bonchev–Trinajstić information content (AvgIpc) is 3.64. The van der Waals surface area contributed by atoms with E-state index in [0.717, 1.165) is 45.3 Å². The van der Waals surface area contributed by atoms with Crippen LogP contribution in [0.2, 0.25) is 0 Å². The van der Waals surface area contributed by atoms with Gasteiger partial charge in [0, 0.05) is 39.5 Å². The van der Waals surface area contributed by atoms with Gasteiger partial charge in [-0.25, -0.2) is 0 Å². The maximum Gasteiger partial charge on any atom is 0.0488 e. The summed E-state index contributed by atoms with van der Waals surface area (Å²) in [5, 5.41) is 2.40. The highest BCUT2D eigenvalue weighted by Gasteiger charge is 2.36. The molecule has 328 valence electrons. The van der Waals surface area contributed by atoms with Gasteiger partial charge in [0.2, 0.25) is 0 Å². The van der Waals surface area contributed by atoms with Crippen molar-refractivity contribution in [2.75, 3.05) is 9.80 Å². The first-order valence-electron chi connectivity index (χ1n) is 23.9. The maximum absolute atomic E-state index is 2.48. The molecule has 0 amide bonds. The van der Waals surface area contributed by atoms with Gasteiger partial charge in [0.05, 0.1) is 0 Å². The smallest absolute Gasteiger partial charge is 0.0488 e. The molecular weight excluding hydrogens is 833 g/mol. The number of benzene rings is 11. The summed E-state index contributed by atoms with van der Waals surface area (Å²) < 4.78 is 0. The third-order valence-corrected chi connectivity index (χ3v) is 14.0. The zero-order valence-electron chi connectivity index (χ0n) is 38.8. The standard InChI is InChI=1S/C67H50N2/c1-67(2)64-37-20-19-33-61(64)62-41-40-55(46-65(62)67)69(54-39-38-47-22-15-16-27-50(47)42-54)57-44-51(43-56(45-57)68(52-28-11-5-12-29-52)53-30-13-6-14-31-53)58-32-17-18-34-63(58)66-59(48-23-7-3-8-24-48)35-21-36-60(66)49-25-9-4-10-26-49/h3-46H,1-2H3. The number of hydrogen-bond acceptors (Lipinski definition) is 2. The van der Waals surface area contributed by atoms with Gasteiger partial charge in [0.15, 0.2) is 0 Å². The Morgan fingerprint density at radius 2 is 0.696 bits per heavy atom. The van der Waals surface area contributed by atoms with E-state index in [1.165, 1.54) is 66.4 Å². The van der Waals surface area contributed by atoms with Crippen molar-refractivity contribution >= 4 is 44.9 Å². The average molecular weight is 883 g/mol. The van der Waals surface area contributed by atoms with Crippen molar-refractivity contribution in [2.24, 2.45) is 0 Å². The minimum absolute atomic E-state index is 0.178. The van der Waals surface area contributed by atoms with E-state index < -0.39 is 0 Å². The molecule has 0 bridgehead atoms. The number of anilines is 6. The second-order valence-corrected chi connectivity index (χ2v) is 18.5. The number of fused-ring (bicyclic) bond motifs is 4. The van der Waals surface area contributed by atoms with Crippen LogP contribution in [0, 0.1) is 0 Å². The molecule has 0 N–H and O–H groups in total. The lowest BCUT2D eigenvalue weighted by Crippen LogP contribution is -2.17. The molecule has 0 radical (unpaired) electrons. The van der Waals surface area contributed by atoms with Crippen molar-refractivity contribution in [3.8, 4) is 55.6 Å². The number of hydrogen-bond donors (Lipinski definition) is 0. The van der Waals surface area contributed by atoms with Gasteiger partial charge >= 0.3 is 0 Å². The van der Waals surface area contributed by atoms with Crippen LogP contribution in [-0.2, 0) is 5.41 Å². The zero-order valence-corrected chi connectivity index (χ0v) is 38.8. The second-order valence-electron chi connectivity index (χ2n) is 18.5. The molecule has 2 heteroatoms. The third-order valence-electron chi connectivity index (χ3n) is 14.0. The van der Waals surface area contributed by atoms with Crippen LogP contribution >= 0.6 is 0 Å². The summed E-state index contributed by atoms with van der Waals surface area (Å²) in [5.74, 6) is 0. The summed E-state index contributed by atoms with van der Waals surface area (Å²) in [6.07, 6.45) is 0. The number of para-hydroxylation sites is 2. The third kappa shape index (κ3) is 7.57. The van der Waals surface area contributed by atoms with Gasteiger partial charge in [-0.05, 0) is 144 Å². The Balaban J connectivity index is 1.15. The highest BCUT2D eigenvalue weighted by Crippen LogP contribution is 2.52. The molecule has 1 aliphatic carbocycles. The van der Waals surface area contributed by atoms with E-state index in [9.17, 15) is 0 Å². The minimum atomic E-state index is -0.178. The van der Waals surface area contributed by atoms with Crippen LogP contribution in [0.5, 0.6) is 0 Å². The molecule has 1 aliphatic rings. The molecule has 0 heterocycles. The summed E-state index contributed by atoms with van der Waals surface area (Å²) >= 11 is 0. The first-order chi connectivity index (χ1) is 34.0. The Bertz CT molecular complexity index is 3540. The molecule has 11 aromatic carbocycles. The summed E-state index contributed by atoms with van der Waals surface area (Å²) in [4.78, 5) is 4.87. The monoisotopic (exact) mass is 882 g/mol. The van der Waals surface area contributed by atoms with E-state index in [1.807, 2.05) is 0 Å². The molecule has 0 atom stereocenters. The molecule has 2 nitrogen and oxygen atoms in total. The van der Waals surface area contributed by atoms with Gasteiger partial charge < -0.3 is 9.80 Å². The molecule has 11 aromatic rings. The Morgan fingerprint density at radius 1 is 0.246 bits per heavy atom. The molecule has 0 saturated carbocycles. The van der Waals surface area contributed by atoms with Crippen molar-refractivity contribution in [1.29, 1.82) is 0 Å². The second kappa shape index (κ2) is 17.5. The largest absolute Gasteiger partial charge is 0.310 e. The fourth-order valence-electron chi connectivity index (χ4n) is 10.7. The lowest BCUT2D eigenvalue weighted by Gasteiger charge is -2.31. The fourth-order valence-corrected chi connectivity index (χ4v) is 10.7. The zero-order chi connectivity index (χ0) is 46.3. The van der Waals surface area contributed by atoms with Crippen LogP contribution in [0.25, 0.3) is 66.4 Å². The molecule has 0 aliphatic heterocycles. The highest BCUT2D eigenvalue weighted by molar-refractivity contribution is 6.01. The molecule has 0 spiro atoms. The van der Waals surface area contributed by atoms with E-state index in [1.54, 1.807) is 0 Å². The van der Waals surface area contributed by atoms with E-state index in [2.05, 4.69) is 291 Å². The lowest BCUT2D eigenvalue weighted by molar-refractivity contribution is 0.660. The summed E-state index contributed by atoms with van der Waals surface area (Å²) in [7, 11) is 0. The molecule has 12 rings (SSSR count). The van der Waals surface area contributed by atoms with Crippen molar-refractivity contribution < 1.29 is 0 Å². The molecule has 69 heavy (non-hydrogen) atoms. The Hall–Kier alpha value is -8.72. The molecule has 0 aromatic heterocycles. The maximum atomic E-state index is 2.48. The highest BCUT2D eigenvalue weighted by atomic mass is 15.2. The van der Waals surface area contributed by atoms with Gasteiger partial charge in [0.1, 0.15) is 0 Å². The van der Waals surface area contributed by atoms with Crippen molar-refractivity contribution in [3.05, 3.63) is 278 Å². The summed E-state index contributed by atoms with van der Waals surface area (Å²) in [6.45, 7) is 4.73. The van der Waals surface area contributed by atoms with Gasteiger partial charge in [-0.15, -0.1) is 0 Å². The molecule has 0 fully saturated rings. The quantitative estimate of drug-likeness (QED) is 0.135. The van der Waals surface area contributed by atoms with Gasteiger partial charge in [-0.2, -0.15) is 0 Å². The minimum Gasteiger partial charge on any atom is -0.310 e. The summed E-state index contributed by atoms with van der Waals surface area (Å²) in [6, 6.07) is 97.6. The van der Waals surface area contributed by atoms with Gasteiger partial charge in [-0.3, -0.25) is 0 Å². The van der Waals surface area contributed by atoms with Gasteiger partial charge in [-0.1, -0.05) is 214 Å². The Morgan fingerprint density at radius 3 is 1.32 bits per heavy atom. The molecular formula is C67H50N2. The normalized spacial score (nSPS) is 12.3. The predicted molar refractivity (Wildman–Crippen MR) is 293 cm³/mol. The van der Waals surface area contributed by atoms with Crippen molar-refractivity contribution in [2.45, 2.75) is 19.3 Å². The van der Waals surface area contributed by atoms with E-state index in [0.29, 0.717) is 0 Å². The van der Waals surface area contributed by atoms with Crippen LogP contribution in [0.1, 0.15) is 25.0 Å². The predicted octanol–water partition coefficient (Wildman–Crippen LogP) is 18.8. The number of rotatable bonds is 10. The van der Waals surface area contributed by atoms with Crippen LogP contribution in [0.15, 0.2) is 267 Å². The topological polar surface area (TPSA) is 6.48 Å². The first kappa shape index (κ1) is 41.7. The number of nitrogens with zero attached hydrogens (tertiary/aromatic N) is 2. The van der Waals surface area contributed by atoms with E-state index >= 15 is 0 Å². The molecule has 0 saturated heterocycles. The van der Waals surface area contributed by atoms with E-state index in [-0.39, 0.29) is 5.41 Å². The first-order valence-corrected chi connectivity index (χ1v) is 23.9. The van der Waals surface area contributed by atoms with Gasteiger partial charge in [0.25, 0.3) is 0 Å². The molecule has 0 unspecified atom stereocenters. The SMILES string of the molecule is CC1(C)c2ccccc2-c2ccc(N(c3cc(-c4ccccc4-c4c(-c5ccccc5)cccc4-c4ccccc4)cc(N(c4ccccc4)c4ccccc4)c3)c3ccc4ccccc4c3)cc21. The van der Waals surface area contributed by atoms with Crippen LogP contribution < -0.4 is 9.80 Å². The lowest BCUT2D eigenvalue weighted by atomic mass is 9.82. The van der Waals surface area contributed by atoms with Crippen molar-refractivity contribution in [3.63, 3.8) is 0 Å². The Labute approximate surface area is 405 Å². The van der Waals surface area contributed by atoms with Crippen LogP contribution in [0.3, 0.4) is 0 Å². The summed E-state index contributed by atoms with van der Waals surface area (Å²) in [5.41, 5.74) is 20.9. The Kier molecular flexibility index (Phi) is 10.6. The van der Waals surface area contributed by atoms with Crippen LogP contribution in [-0.4, -0.2) is 0 Å². The van der Waals surface area contributed by atoms with Crippen molar-refractivity contribution in [1.82, 2.24) is 0 Å². The fraction of sp³-hybridized carbons (Fsp3) is 0.0448. The van der Waals surface area contributed by atoms with E-state index in [4.69, 9.17) is 0 Å². The van der Waals surface area contributed by atoms with Crippen LogP contribution in [0.4, 0.5) is 34.1 Å².